The molecular formula is C16H30N2O5. The fourth-order valence-corrected chi connectivity index (χ4v) is 3.36. The molecule has 2 aliphatic rings. The van der Waals surface area contributed by atoms with E-state index in [4.69, 9.17) is 20.3 Å². The van der Waals surface area contributed by atoms with Gasteiger partial charge in [0, 0.05) is 18.5 Å². The van der Waals surface area contributed by atoms with E-state index in [0.717, 1.165) is 25.7 Å². The van der Waals surface area contributed by atoms with Gasteiger partial charge in [0.15, 0.2) is 6.29 Å². The molecule has 1 aliphatic heterocycles. The van der Waals surface area contributed by atoms with Crippen molar-refractivity contribution in [3.63, 3.8) is 0 Å². The number of carbonyl (C=O) groups is 1. The third-order valence-corrected chi connectivity index (χ3v) is 4.53. The Morgan fingerprint density at radius 2 is 2.17 bits per heavy atom. The highest BCUT2D eigenvalue weighted by Gasteiger charge is 2.33. The molecule has 2 fully saturated rings. The van der Waals surface area contributed by atoms with Gasteiger partial charge in [0.1, 0.15) is 6.10 Å². The van der Waals surface area contributed by atoms with Gasteiger partial charge in [-0.3, -0.25) is 4.79 Å². The number of nitrogens with one attached hydrogen (secondary N) is 1. The lowest BCUT2D eigenvalue weighted by molar-refractivity contribution is -0.175. The zero-order chi connectivity index (χ0) is 16.8. The first-order valence-corrected chi connectivity index (χ1v) is 8.67. The monoisotopic (exact) mass is 330 g/mol. The molecule has 1 heterocycles. The lowest BCUT2D eigenvalue weighted by Crippen LogP contribution is -2.50. The summed E-state index contributed by atoms with van der Waals surface area (Å²) in [6, 6.07) is -0.129. The van der Waals surface area contributed by atoms with Crippen LogP contribution in [0.2, 0.25) is 0 Å². The van der Waals surface area contributed by atoms with Gasteiger partial charge in [-0.1, -0.05) is 13.3 Å². The Labute approximate surface area is 137 Å². The second kappa shape index (κ2) is 8.94. The number of hydrogen-bond acceptors (Lipinski definition) is 6. The van der Waals surface area contributed by atoms with Gasteiger partial charge in [-0.2, -0.15) is 0 Å². The molecule has 6 unspecified atom stereocenters. The standard InChI is InChI=1S/C16H30N2O5/c1-2-3-14(20)16(21)18-11-6-10(17)7-13(8-11)23-15-5-4-12(9-19)22-15/h10-15,19-20H,2-9,17H2,1H3,(H,18,21). The highest BCUT2D eigenvalue weighted by molar-refractivity contribution is 5.80. The average Bonchev–Trinajstić information content (AvgIpc) is 2.94. The van der Waals surface area contributed by atoms with E-state index < -0.39 is 6.10 Å². The Balaban J connectivity index is 1.80. The first-order chi connectivity index (χ1) is 11.0. The first kappa shape index (κ1) is 18.6. The van der Waals surface area contributed by atoms with Crippen LogP contribution in [0.15, 0.2) is 0 Å². The minimum absolute atomic E-state index is 0.0119. The number of nitrogens with two attached hydrogens (primary N) is 1. The quantitative estimate of drug-likeness (QED) is 0.523. The highest BCUT2D eigenvalue weighted by atomic mass is 16.7. The van der Waals surface area contributed by atoms with Crippen molar-refractivity contribution in [1.29, 1.82) is 0 Å². The van der Waals surface area contributed by atoms with Crippen molar-refractivity contribution < 1.29 is 24.5 Å². The number of carbonyl (C=O) groups excluding carboxylic acids is 1. The van der Waals surface area contributed by atoms with Crippen LogP contribution in [0.1, 0.15) is 51.9 Å². The van der Waals surface area contributed by atoms with E-state index in [1.54, 1.807) is 0 Å². The zero-order valence-corrected chi connectivity index (χ0v) is 13.8. The van der Waals surface area contributed by atoms with E-state index in [0.29, 0.717) is 19.3 Å². The molecule has 1 saturated heterocycles. The number of aliphatic hydroxyl groups excluding tert-OH is 2. The summed E-state index contributed by atoms with van der Waals surface area (Å²) < 4.78 is 11.5. The topological polar surface area (TPSA) is 114 Å². The van der Waals surface area contributed by atoms with Crippen molar-refractivity contribution in [3.05, 3.63) is 0 Å². The average molecular weight is 330 g/mol. The first-order valence-electron chi connectivity index (χ1n) is 8.67. The summed E-state index contributed by atoms with van der Waals surface area (Å²) in [5.41, 5.74) is 6.08. The van der Waals surface area contributed by atoms with Gasteiger partial charge < -0.3 is 30.7 Å². The fraction of sp³-hybridized carbons (Fsp3) is 0.938. The van der Waals surface area contributed by atoms with Crippen LogP contribution < -0.4 is 11.1 Å². The minimum atomic E-state index is -0.957. The predicted molar refractivity (Wildman–Crippen MR) is 84.5 cm³/mol. The lowest BCUT2D eigenvalue weighted by atomic mass is 9.89. The second-order valence-electron chi connectivity index (χ2n) is 6.68. The molecule has 1 saturated carbocycles. The maximum Gasteiger partial charge on any atom is 0.249 e. The minimum Gasteiger partial charge on any atom is -0.394 e. The van der Waals surface area contributed by atoms with Gasteiger partial charge in [-0.25, -0.2) is 0 Å². The fourth-order valence-electron chi connectivity index (χ4n) is 3.36. The largest absolute Gasteiger partial charge is 0.394 e. The Hall–Kier alpha value is -0.730. The summed E-state index contributed by atoms with van der Waals surface area (Å²) in [5, 5.41) is 21.7. The maximum absolute atomic E-state index is 11.9. The molecule has 7 heteroatoms. The summed E-state index contributed by atoms with van der Waals surface area (Å²) in [7, 11) is 0. The van der Waals surface area contributed by atoms with Crippen molar-refractivity contribution in [2.24, 2.45) is 5.73 Å². The molecule has 0 aromatic heterocycles. The number of aliphatic hydroxyl groups is 2. The Kier molecular flexibility index (Phi) is 7.23. The Morgan fingerprint density at radius 1 is 1.39 bits per heavy atom. The summed E-state index contributed by atoms with van der Waals surface area (Å²) in [4.78, 5) is 11.9. The number of ether oxygens (including phenoxy) is 2. The van der Waals surface area contributed by atoms with Gasteiger partial charge in [-0.05, 0) is 32.1 Å². The number of hydrogen-bond donors (Lipinski definition) is 4. The molecule has 0 spiro atoms. The highest BCUT2D eigenvalue weighted by Crippen LogP contribution is 2.27. The van der Waals surface area contributed by atoms with Crippen LogP contribution in [0.5, 0.6) is 0 Å². The molecule has 0 aromatic rings. The molecule has 1 amide bonds. The van der Waals surface area contributed by atoms with Crippen LogP contribution in [0.3, 0.4) is 0 Å². The molecule has 0 radical (unpaired) electrons. The van der Waals surface area contributed by atoms with Crippen molar-refractivity contribution in [2.75, 3.05) is 6.61 Å². The van der Waals surface area contributed by atoms with Crippen LogP contribution in [-0.4, -0.2) is 59.4 Å². The summed E-state index contributed by atoms with van der Waals surface area (Å²) in [5.74, 6) is -0.331. The van der Waals surface area contributed by atoms with Crippen molar-refractivity contribution in [3.8, 4) is 0 Å². The van der Waals surface area contributed by atoms with Crippen LogP contribution in [-0.2, 0) is 14.3 Å². The van der Waals surface area contributed by atoms with Gasteiger partial charge in [0.05, 0.1) is 18.8 Å². The van der Waals surface area contributed by atoms with E-state index in [9.17, 15) is 9.90 Å². The summed E-state index contributed by atoms with van der Waals surface area (Å²) in [6.07, 6.45) is 3.40. The predicted octanol–water partition coefficient (Wildman–Crippen LogP) is 0.0260. The van der Waals surface area contributed by atoms with Gasteiger partial charge >= 0.3 is 0 Å². The third-order valence-electron chi connectivity index (χ3n) is 4.53. The smallest absolute Gasteiger partial charge is 0.249 e. The van der Waals surface area contributed by atoms with Crippen LogP contribution in [0, 0.1) is 0 Å². The third kappa shape index (κ3) is 5.69. The molecule has 6 atom stereocenters. The molecule has 23 heavy (non-hydrogen) atoms. The molecule has 5 N–H and O–H groups in total. The summed E-state index contributed by atoms with van der Waals surface area (Å²) >= 11 is 0. The Bertz CT molecular complexity index is 381. The van der Waals surface area contributed by atoms with Gasteiger partial charge in [0.25, 0.3) is 0 Å². The molecule has 0 aromatic carbocycles. The van der Waals surface area contributed by atoms with Gasteiger partial charge in [-0.15, -0.1) is 0 Å². The van der Waals surface area contributed by atoms with E-state index in [1.807, 2.05) is 6.92 Å². The zero-order valence-electron chi connectivity index (χ0n) is 13.8. The van der Waals surface area contributed by atoms with Crippen LogP contribution in [0.25, 0.3) is 0 Å². The van der Waals surface area contributed by atoms with Crippen LogP contribution in [0.4, 0.5) is 0 Å². The Morgan fingerprint density at radius 3 is 2.83 bits per heavy atom. The number of rotatable bonds is 7. The van der Waals surface area contributed by atoms with Crippen molar-refractivity contribution in [2.45, 2.75) is 88.6 Å². The molecule has 134 valence electrons. The van der Waals surface area contributed by atoms with Gasteiger partial charge in [0.2, 0.25) is 5.91 Å². The lowest BCUT2D eigenvalue weighted by Gasteiger charge is -2.35. The SMILES string of the molecule is CCCC(O)C(=O)NC1CC(N)CC(OC2CCC(CO)O2)C1. The van der Waals surface area contributed by atoms with E-state index in [-0.39, 0.29) is 43.1 Å². The van der Waals surface area contributed by atoms with E-state index >= 15 is 0 Å². The van der Waals surface area contributed by atoms with Crippen LogP contribution >= 0.6 is 0 Å². The maximum atomic E-state index is 11.9. The van der Waals surface area contributed by atoms with Crippen molar-refractivity contribution in [1.82, 2.24) is 5.32 Å². The van der Waals surface area contributed by atoms with E-state index in [1.165, 1.54) is 0 Å². The molecule has 0 bridgehead atoms. The number of amides is 1. The molecular weight excluding hydrogens is 300 g/mol. The summed E-state index contributed by atoms with van der Waals surface area (Å²) in [6.45, 7) is 1.94. The van der Waals surface area contributed by atoms with Crippen molar-refractivity contribution >= 4 is 5.91 Å². The molecule has 2 rings (SSSR count). The normalized spacial score (nSPS) is 35.9. The molecule has 1 aliphatic carbocycles. The van der Waals surface area contributed by atoms with E-state index in [2.05, 4.69) is 5.32 Å². The second-order valence-corrected chi connectivity index (χ2v) is 6.68. The molecule has 7 nitrogen and oxygen atoms in total.